The van der Waals surface area contributed by atoms with Crippen LogP contribution < -0.4 is 5.63 Å². The highest BCUT2D eigenvalue weighted by atomic mass is 32.1. The summed E-state index contributed by atoms with van der Waals surface area (Å²) < 4.78 is 7.21. The van der Waals surface area contributed by atoms with Crippen LogP contribution in [0.5, 0.6) is 0 Å². The van der Waals surface area contributed by atoms with Gasteiger partial charge in [-0.25, -0.2) is 4.79 Å². The second-order valence-electron chi connectivity index (χ2n) is 6.65. The van der Waals surface area contributed by atoms with Crippen LogP contribution in [0.3, 0.4) is 0 Å². The molecule has 0 amide bonds. The van der Waals surface area contributed by atoms with E-state index in [0.29, 0.717) is 0 Å². The molecule has 2 aromatic carbocycles. The Hall–Kier alpha value is -1.87. The molecule has 3 heterocycles. The molecule has 0 saturated heterocycles. The van der Waals surface area contributed by atoms with Gasteiger partial charge in [-0.3, -0.25) is 0 Å². The van der Waals surface area contributed by atoms with Crippen molar-refractivity contribution in [2.75, 3.05) is 0 Å². The van der Waals surface area contributed by atoms with Crippen molar-refractivity contribution in [3.05, 3.63) is 62.8 Å². The zero-order valence-corrected chi connectivity index (χ0v) is 16.8. The predicted octanol–water partition coefficient (Wildman–Crippen LogP) is 6.12. The molecule has 0 radical (unpaired) electrons. The van der Waals surface area contributed by atoms with Crippen LogP contribution in [0.1, 0.15) is 16.0 Å². The third-order valence-corrected chi connectivity index (χ3v) is 12.0. The van der Waals surface area contributed by atoms with E-state index in [0.717, 1.165) is 32.9 Å². The highest BCUT2D eigenvalue weighted by Crippen LogP contribution is 2.40. The molecular formula is C20H15O2PSSi. The molecule has 0 aliphatic carbocycles. The van der Waals surface area contributed by atoms with Crippen molar-refractivity contribution in [2.24, 2.45) is 0 Å². The van der Waals surface area contributed by atoms with Crippen molar-refractivity contribution < 1.29 is 4.42 Å². The number of aryl methyl sites for hydroxylation is 3. The molecule has 0 N–H and O–H groups in total. The summed E-state index contributed by atoms with van der Waals surface area (Å²) in [6.07, 6.45) is 0. The van der Waals surface area contributed by atoms with Gasteiger partial charge in [0.05, 0.1) is 5.39 Å². The standard InChI is InChI=1S/C20H15O2PSSi/c1-10-6-13-18-15(8-10)23-25(17-5-4-12(3)24-17)16-9-11(2)7-14(19(16)18)22-20(13)21/h4-9H,1-3H3. The van der Waals surface area contributed by atoms with Crippen LogP contribution in [0.25, 0.3) is 36.4 Å². The van der Waals surface area contributed by atoms with Crippen LogP contribution in [-0.2, 0) is 0 Å². The minimum absolute atomic E-state index is 0.221. The summed E-state index contributed by atoms with van der Waals surface area (Å²) in [5.74, 6) is 0. The smallest absolute Gasteiger partial charge is 0.344 e. The summed E-state index contributed by atoms with van der Waals surface area (Å²) in [6.45, 7) is 6.31. The van der Waals surface area contributed by atoms with E-state index in [4.69, 9.17) is 4.42 Å². The van der Waals surface area contributed by atoms with Gasteiger partial charge >= 0.3 is 5.63 Å². The summed E-state index contributed by atoms with van der Waals surface area (Å²) in [6, 6.07) is 13.0. The Morgan fingerprint density at radius 3 is 2.56 bits per heavy atom. The van der Waals surface area contributed by atoms with Crippen LogP contribution in [0.2, 0.25) is 0 Å². The molecule has 0 bridgehead atoms. The maximum Gasteiger partial charge on any atom is 0.344 e. The minimum Gasteiger partial charge on any atom is -0.422 e. The van der Waals surface area contributed by atoms with Crippen molar-refractivity contribution in [3.63, 3.8) is 0 Å². The molecule has 0 fully saturated rings. The van der Waals surface area contributed by atoms with E-state index < -0.39 is 8.05 Å². The molecular weight excluding hydrogens is 363 g/mol. The SMILES string of the molecule is Cc1cc2p[si](-c3ccc(C)s3)c3cc(C)cc4oc(=O)c(c1)c2c43. The van der Waals surface area contributed by atoms with E-state index in [9.17, 15) is 4.79 Å². The van der Waals surface area contributed by atoms with E-state index in [1.54, 1.807) is 0 Å². The van der Waals surface area contributed by atoms with E-state index in [1.165, 1.54) is 27.2 Å². The summed E-state index contributed by atoms with van der Waals surface area (Å²) >= 11 is 1.90. The maximum atomic E-state index is 12.5. The van der Waals surface area contributed by atoms with E-state index in [1.807, 2.05) is 23.5 Å². The fraction of sp³-hybridized carbons (Fsp3) is 0.150. The minimum atomic E-state index is -0.935. The lowest BCUT2D eigenvalue weighted by molar-refractivity contribution is 0.570. The van der Waals surface area contributed by atoms with Crippen molar-refractivity contribution in [2.45, 2.75) is 20.8 Å². The highest BCUT2D eigenvalue weighted by Gasteiger charge is 2.19. The fourth-order valence-corrected chi connectivity index (χ4v) is 11.4. The molecule has 0 aliphatic rings. The average Bonchev–Trinajstić information content (AvgIpc) is 2.98. The van der Waals surface area contributed by atoms with Gasteiger partial charge in [0.25, 0.3) is 0 Å². The van der Waals surface area contributed by atoms with Gasteiger partial charge in [0.15, 0.2) is 0 Å². The van der Waals surface area contributed by atoms with Gasteiger partial charge in [-0.2, -0.15) is 0 Å². The molecule has 2 nitrogen and oxygen atoms in total. The summed E-state index contributed by atoms with van der Waals surface area (Å²) in [7, 11) is 0.409. The monoisotopic (exact) mass is 378 g/mol. The number of benzene rings is 2. The molecule has 122 valence electrons. The quantitative estimate of drug-likeness (QED) is 0.200. The lowest BCUT2D eigenvalue weighted by Gasteiger charge is -2.13. The van der Waals surface area contributed by atoms with Crippen molar-refractivity contribution in [1.29, 1.82) is 0 Å². The first-order valence-corrected chi connectivity index (χ1v) is 12.2. The predicted molar refractivity (Wildman–Crippen MR) is 111 cm³/mol. The highest BCUT2D eigenvalue weighted by molar-refractivity contribution is 7.66. The fourth-order valence-electron chi connectivity index (χ4n) is 3.64. The molecule has 5 rings (SSSR count). The number of rotatable bonds is 1. The molecule has 3 aromatic heterocycles. The Morgan fingerprint density at radius 2 is 1.80 bits per heavy atom. The second-order valence-corrected chi connectivity index (χ2v) is 12.8. The topological polar surface area (TPSA) is 30.2 Å². The molecule has 0 saturated carbocycles. The Kier molecular flexibility index (Phi) is 3.27. The summed E-state index contributed by atoms with van der Waals surface area (Å²) in [5.41, 5.74) is 2.80. The lowest BCUT2D eigenvalue weighted by Crippen LogP contribution is -2.03. The van der Waals surface area contributed by atoms with Crippen LogP contribution in [0, 0.1) is 20.8 Å². The molecule has 0 unspecified atom stereocenters. The Bertz CT molecular complexity index is 1350. The zero-order chi connectivity index (χ0) is 17.3. The summed E-state index contributed by atoms with van der Waals surface area (Å²) in [5, 5.41) is 4.28. The van der Waals surface area contributed by atoms with Gasteiger partial charge in [0.1, 0.15) is 13.6 Å². The van der Waals surface area contributed by atoms with Crippen molar-refractivity contribution >= 4 is 59.0 Å². The number of hydrogen-bond acceptors (Lipinski definition) is 3. The number of hydrogen-bond donors (Lipinski definition) is 0. The van der Waals surface area contributed by atoms with E-state index in [-0.39, 0.29) is 5.63 Å². The lowest BCUT2D eigenvalue weighted by atomic mass is 10.0. The van der Waals surface area contributed by atoms with Gasteiger partial charge in [-0.15, -0.1) is 11.3 Å². The Morgan fingerprint density at radius 1 is 1.00 bits per heavy atom. The first-order valence-electron chi connectivity index (χ1n) is 8.19. The van der Waals surface area contributed by atoms with Gasteiger partial charge < -0.3 is 4.42 Å². The Balaban J connectivity index is 2.11. The van der Waals surface area contributed by atoms with Crippen LogP contribution in [0.15, 0.2) is 45.6 Å². The van der Waals surface area contributed by atoms with Gasteiger partial charge in [-0.05, 0) is 67.2 Å². The van der Waals surface area contributed by atoms with Crippen molar-refractivity contribution in [3.8, 4) is 4.50 Å². The third-order valence-electron chi connectivity index (χ3n) is 4.64. The zero-order valence-electron chi connectivity index (χ0n) is 14.1. The van der Waals surface area contributed by atoms with Crippen LogP contribution in [0.4, 0.5) is 0 Å². The molecule has 25 heavy (non-hydrogen) atoms. The number of thiophene rings is 1. The van der Waals surface area contributed by atoms with E-state index in [2.05, 4.69) is 45.0 Å². The normalized spacial score (nSPS) is 12.3. The first kappa shape index (κ1) is 15.4. The molecule has 0 aliphatic heterocycles. The first-order chi connectivity index (χ1) is 12.0. The van der Waals surface area contributed by atoms with Crippen molar-refractivity contribution in [1.82, 2.24) is 0 Å². The molecule has 5 heteroatoms. The third kappa shape index (κ3) is 2.25. The average molecular weight is 378 g/mol. The van der Waals surface area contributed by atoms with Gasteiger partial charge in [-0.1, -0.05) is 13.8 Å². The van der Waals surface area contributed by atoms with Gasteiger partial charge in [0, 0.05) is 25.3 Å². The maximum absolute atomic E-state index is 12.5. The summed E-state index contributed by atoms with van der Waals surface area (Å²) in [4.78, 5) is 15.3. The Labute approximate surface area is 151 Å². The van der Waals surface area contributed by atoms with Gasteiger partial charge in [0.2, 0.25) is 0 Å². The van der Waals surface area contributed by atoms with Crippen LogP contribution in [-0.4, -0.2) is 8.05 Å². The molecule has 0 spiro atoms. The second kappa shape index (κ2) is 5.31. The largest absolute Gasteiger partial charge is 0.422 e. The van der Waals surface area contributed by atoms with Crippen LogP contribution >= 0.6 is 19.1 Å². The molecule has 5 aromatic rings. The molecule has 0 atom stereocenters. The van der Waals surface area contributed by atoms with E-state index >= 15 is 0 Å².